The van der Waals surface area contributed by atoms with Gasteiger partial charge >= 0.3 is 5.97 Å². The molecule has 0 aromatic rings. The van der Waals surface area contributed by atoms with E-state index in [0.717, 1.165) is 12.8 Å². The first kappa shape index (κ1) is 15.8. The molecule has 2 rings (SSSR count). The zero-order valence-corrected chi connectivity index (χ0v) is 12.7. The number of rotatable bonds is 4. The average Bonchev–Trinajstić information content (AvgIpc) is 3.12. The molecule has 0 bridgehead atoms. The summed E-state index contributed by atoms with van der Waals surface area (Å²) in [5.74, 6) is -1.98. The Morgan fingerprint density at radius 2 is 1.90 bits per heavy atom. The zero-order chi connectivity index (χ0) is 15.6. The summed E-state index contributed by atoms with van der Waals surface area (Å²) in [4.78, 5) is 37.6. The second-order valence-electron chi connectivity index (χ2n) is 6.10. The number of nitrogens with one attached hydrogen (secondary N) is 1. The number of carboxylic acid groups (broad SMARTS) is 1. The van der Waals surface area contributed by atoms with Crippen molar-refractivity contribution in [1.29, 1.82) is 0 Å². The van der Waals surface area contributed by atoms with Crippen molar-refractivity contribution in [3.05, 3.63) is 0 Å². The highest BCUT2D eigenvalue weighted by molar-refractivity contribution is 5.91. The highest BCUT2D eigenvalue weighted by Gasteiger charge is 2.46. The quantitative estimate of drug-likeness (QED) is 0.805. The number of amides is 2. The molecule has 0 spiro atoms. The van der Waals surface area contributed by atoms with Gasteiger partial charge in [-0.05, 0) is 31.6 Å². The van der Waals surface area contributed by atoms with Gasteiger partial charge in [-0.2, -0.15) is 0 Å². The van der Waals surface area contributed by atoms with E-state index in [1.165, 1.54) is 0 Å². The lowest BCUT2D eigenvalue weighted by atomic mass is 9.94. The summed E-state index contributed by atoms with van der Waals surface area (Å²) in [6, 6.07) is -0.433. The van der Waals surface area contributed by atoms with Crippen LogP contribution in [0, 0.1) is 17.8 Å². The Morgan fingerprint density at radius 1 is 1.24 bits per heavy atom. The Balaban J connectivity index is 2.14. The molecule has 21 heavy (non-hydrogen) atoms. The maximum Gasteiger partial charge on any atom is 0.307 e. The van der Waals surface area contributed by atoms with Gasteiger partial charge in [-0.15, -0.1) is 0 Å². The van der Waals surface area contributed by atoms with Crippen molar-refractivity contribution in [2.45, 2.75) is 45.1 Å². The normalized spacial score (nSPS) is 32.2. The van der Waals surface area contributed by atoms with Gasteiger partial charge in [0, 0.05) is 13.6 Å². The highest BCUT2D eigenvalue weighted by Crippen LogP contribution is 2.40. The average molecular weight is 296 g/mol. The molecule has 1 aliphatic carbocycles. The molecule has 2 fully saturated rings. The largest absolute Gasteiger partial charge is 0.481 e. The van der Waals surface area contributed by atoms with Crippen molar-refractivity contribution in [2.75, 3.05) is 13.6 Å². The lowest BCUT2D eigenvalue weighted by molar-refractivity contribution is -0.150. The van der Waals surface area contributed by atoms with Gasteiger partial charge in [0.25, 0.3) is 0 Å². The molecule has 118 valence electrons. The molecular weight excluding hydrogens is 272 g/mol. The fourth-order valence-corrected chi connectivity index (χ4v) is 3.70. The summed E-state index contributed by atoms with van der Waals surface area (Å²) in [7, 11) is 1.56. The van der Waals surface area contributed by atoms with Crippen LogP contribution >= 0.6 is 0 Å². The molecule has 0 aromatic carbocycles. The van der Waals surface area contributed by atoms with Crippen LogP contribution < -0.4 is 5.32 Å². The lowest BCUT2D eigenvalue weighted by Crippen LogP contribution is -2.48. The van der Waals surface area contributed by atoms with Gasteiger partial charge in [0.15, 0.2) is 0 Å². The molecule has 2 N–H and O–H groups in total. The number of hydrogen-bond donors (Lipinski definition) is 2. The number of carbonyl (C=O) groups is 3. The van der Waals surface area contributed by atoms with E-state index in [-0.39, 0.29) is 11.8 Å². The molecule has 1 saturated carbocycles. The number of likely N-dealkylation sites (N-methyl/N-ethyl adjacent to an activating group) is 1. The monoisotopic (exact) mass is 296 g/mol. The Bertz CT molecular complexity index is 437. The first-order chi connectivity index (χ1) is 9.99. The van der Waals surface area contributed by atoms with Gasteiger partial charge in [0.2, 0.25) is 11.8 Å². The number of carbonyl (C=O) groups excluding carboxylic acids is 2. The van der Waals surface area contributed by atoms with E-state index < -0.39 is 23.8 Å². The Labute approximate surface area is 124 Å². The van der Waals surface area contributed by atoms with Crippen molar-refractivity contribution < 1.29 is 19.5 Å². The summed E-state index contributed by atoms with van der Waals surface area (Å²) in [5, 5.41) is 11.9. The second-order valence-corrected chi connectivity index (χ2v) is 6.10. The molecule has 2 amide bonds. The van der Waals surface area contributed by atoms with Crippen LogP contribution in [0.25, 0.3) is 0 Å². The van der Waals surface area contributed by atoms with Crippen molar-refractivity contribution in [3.8, 4) is 0 Å². The molecule has 4 atom stereocenters. The zero-order valence-electron chi connectivity index (χ0n) is 12.7. The van der Waals surface area contributed by atoms with E-state index >= 15 is 0 Å². The van der Waals surface area contributed by atoms with E-state index in [9.17, 15) is 19.5 Å². The van der Waals surface area contributed by atoms with Crippen LogP contribution in [0.3, 0.4) is 0 Å². The molecular formula is C15H24N2O4. The third kappa shape index (κ3) is 3.04. The Kier molecular flexibility index (Phi) is 4.85. The van der Waals surface area contributed by atoms with Gasteiger partial charge in [0.1, 0.15) is 6.04 Å². The number of likely N-dealkylation sites (tertiary alicyclic amines) is 1. The van der Waals surface area contributed by atoms with Crippen LogP contribution in [0.2, 0.25) is 0 Å². The van der Waals surface area contributed by atoms with Crippen LogP contribution in [0.1, 0.15) is 39.0 Å². The van der Waals surface area contributed by atoms with Crippen LogP contribution in [0.4, 0.5) is 0 Å². The molecule has 2 aliphatic rings. The highest BCUT2D eigenvalue weighted by atomic mass is 16.4. The van der Waals surface area contributed by atoms with Crippen LogP contribution in [-0.4, -0.2) is 47.4 Å². The third-order valence-corrected chi connectivity index (χ3v) is 4.96. The minimum atomic E-state index is -0.889. The number of hydrogen-bond acceptors (Lipinski definition) is 3. The molecule has 1 heterocycles. The number of nitrogens with zero attached hydrogens (tertiary/aromatic N) is 1. The Hall–Kier alpha value is -1.59. The second kappa shape index (κ2) is 6.45. The van der Waals surface area contributed by atoms with E-state index in [4.69, 9.17) is 0 Å². The third-order valence-electron chi connectivity index (χ3n) is 4.96. The topological polar surface area (TPSA) is 86.7 Å². The maximum absolute atomic E-state index is 12.7. The van der Waals surface area contributed by atoms with Gasteiger partial charge in [-0.3, -0.25) is 14.4 Å². The molecule has 1 saturated heterocycles. The summed E-state index contributed by atoms with van der Waals surface area (Å²) >= 11 is 0. The van der Waals surface area contributed by atoms with Crippen molar-refractivity contribution in [3.63, 3.8) is 0 Å². The van der Waals surface area contributed by atoms with Crippen molar-refractivity contribution in [2.24, 2.45) is 17.8 Å². The standard InChI is InChI=1S/C15H24N2O4/c1-3-9-7-10(11(8-9)15(20)21)14(19)17-6-4-5-12(17)13(18)16-2/h9-12H,3-8H2,1-2H3,(H,16,18)(H,20,21). The summed E-state index contributed by atoms with van der Waals surface area (Å²) < 4.78 is 0. The van der Waals surface area contributed by atoms with E-state index in [2.05, 4.69) is 5.32 Å². The van der Waals surface area contributed by atoms with Gasteiger partial charge < -0.3 is 15.3 Å². The van der Waals surface area contributed by atoms with Crippen LogP contribution in [0.15, 0.2) is 0 Å². The van der Waals surface area contributed by atoms with Crippen molar-refractivity contribution in [1.82, 2.24) is 10.2 Å². The molecule has 6 nitrogen and oxygen atoms in total. The van der Waals surface area contributed by atoms with E-state index in [1.807, 2.05) is 6.92 Å². The van der Waals surface area contributed by atoms with Gasteiger partial charge in [-0.25, -0.2) is 0 Å². The molecule has 0 radical (unpaired) electrons. The van der Waals surface area contributed by atoms with Gasteiger partial charge in [-0.1, -0.05) is 13.3 Å². The smallest absolute Gasteiger partial charge is 0.307 e. The van der Waals surface area contributed by atoms with Crippen LogP contribution in [-0.2, 0) is 14.4 Å². The number of carboxylic acids is 1. The predicted octanol–water partition coefficient (Wildman–Crippen LogP) is 0.860. The van der Waals surface area contributed by atoms with E-state index in [1.54, 1.807) is 11.9 Å². The first-order valence-electron chi connectivity index (χ1n) is 7.74. The molecule has 0 aromatic heterocycles. The fourth-order valence-electron chi connectivity index (χ4n) is 3.70. The molecule has 4 unspecified atom stereocenters. The predicted molar refractivity (Wildman–Crippen MR) is 76.4 cm³/mol. The van der Waals surface area contributed by atoms with Crippen LogP contribution in [0.5, 0.6) is 0 Å². The summed E-state index contributed by atoms with van der Waals surface area (Å²) in [6.45, 7) is 2.58. The molecule has 1 aliphatic heterocycles. The van der Waals surface area contributed by atoms with Crippen molar-refractivity contribution >= 4 is 17.8 Å². The fraction of sp³-hybridized carbons (Fsp3) is 0.800. The summed E-state index contributed by atoms with van der Waals surface area (Å²) in [5.41, 5.74) is 0. The molecule has 6 heteroatoms. The summed E-state index contributed by atoms with van der Waals surface area (Å²) in [6.07, 6.45) is 3.55. The first-order valence-corrected chi connectivity index (χ1v) is 7.74. The SMILES string of the molecule is CCC1CC(C(=O)O)C(C(=O)N2CCCC2C(=O)NC)C1. The number of aliphatic carboxylic acids is 1. The van der Waals surface area contributed by atoms with Gasteiger partial charge in [0.05, 0.1) is 11.8 Å². The van der Waals surface area contributed by atoms with E-state index in [0.29, 0.717) is 31.7 Å². The minimum Gasteiger partial charge on any atom is -0.481 e. The minimum absolute atomic E-state index is 0.149. The lowest BCUT2D eigenvalue weighted by Gasteiger charge is -2.27. The maximum atomic E-state index is 12.7. The Morgan fingerprint density at radius 3 is 2.48 bits per heavy atom.